The third-order valence-corrected chi connectivity index (χ3v) is 4.49. The van der Waals surface area contributed by atoms with Crippen molar-refractivity contribution in [2.75, 3.05) is 5.33 Å². The second-order valence-electron chi connectivity index (χ2n) is 4.51. The molecule has 1 nitrogen and oxygen atoms in total. The minimum atomic E-state index is 0.925. The second-order valence-corrected chi connectivity index (χ2v) is 6.42. The minimum absolute atomic E-state index is 0.925. The van der Waals surface area contributed by atoms with Crippen molar-refractivity contribution in [3.63, 3.8) is 0 Å². The summed E-state index contributed by atoms with van der Waals surface area (Å²) in [5.41, 5.74) is 3.82. The standard InChI is InChI=1S/C16H14BrNS/c17-9-8-13-6-7-14-15(10-13)19-16(18-14)11-12-4-2-1-3-5-12/h1-7,10H,8-9,11H2. The van der Waals surface area contributed by atoms with Gasteiger partial charge in [0.15, 0.2) is 0 Å². The molecule has 0 radical (unpaired) electrons. The number of hydrogen-bond acceptors (Lipinski definition) is 2. The lowest BCUT2D eigenvalue weighted by atomic mass is 10.1. The van der Waals surface area contributed by atoms with E-state index in [1.807, 2.05) is 0 Å². The lowest BCUT2D eigenvalue weighted by Crippen LogP contribution is -1.85. The number of thiazole rings is 1. The lowest BCUT2D eigenvalue weighted by Gasteiger charge is -1.95. The molecular weight excluding hydrogens is 318 g/mol. The fraction of sp³-hybridized carbons (Fsp3) is 0.188. The first-order valence-electron chi connectivity index (χ1n) is 6.33. The Kier molecular flexibility index (Phi) is 3.95. The van der Waals surface area contributed by atoms with Crippen molar-refractivity contribution in [3.8, 4) is 0 Å². The molecule has 0 saturated heterocycles. The molecule has 3 rings (SSSR count). The van der Waals surface area contributed by atoms with E-state index in [2.05, 4.69) is 64.5 Å². The van der Waals surface area contributed by atoms with E-state index in [0.29, 0.717) is 0 Å². The topological polar surface area (TPSA) is 12.9 Å². The molecule has 3 aromatic rings. The van der Waals surface area contributed by atoms with Crippen molar-refractivity contribution in [2.24, 2.45) is 0 Å². The highest BCUT2D eigenvalue weighted by Gasteiger charge is 2.05. The molecule has 0 aliphatic heterocycles. The Morgan fingerprint density at radius 3 is 2.63 bits per heavy atom. The van der Waals surface area contributed by atoms with Gasteiger partial charge in [0, 0.05) is 11.8 Å². The van der Waals surface area contributed by atoms with Crippen LogP contribution in [0.3, 0.4) is 0 Å². The van der Waals surface area contributed by atoms with Crippen LogP contribution in [0, 0.1) is 0 Å². The van der Waals surface area contributed by atoms with E-state index >= 15 is 0 Å². The quantitative estimate of drug-likeness (QED) is 0.624. The Bertz CT molecular complexity index is 676. The number of halogens is 1. The first-order valence-corrected chi connectivity index (χ1v) is 8.27. The van der Waals surface area contributed by atoms with E-state index in [-0.39, 0.29) is 0 Å². The summed E-state index contributed by atoms with van der Waals surface area (Å²) in [4.78, 5) is 4.72. The summed E-state index contributed by atoms with van der Waals surface area (Å²) in [6.07, 6.45) is 2.00. The smallest absolute Gasteiger partial charge is 0.0982 e. The van der Waals surface area contributed by atoms with Crippen LogP contribution in [0.25, 0.3) is 10.2 Å². The summed E-state index contributed by atoms with van der Waals surface area (Å²) in [6, 6.07) is 17.1. The van der Waals surface area contributed by atoms with Gasteiger partial charge >= 0.3 is 0 Å². The number of alkyl halides is 1. The zero-order valence-electron chi connectivity index (χ0n) is 10.5. The molecule has 0 bridgehead atoms. The average Bonchev–Trinajstić information content (AvgIpc) is 2.82. The van der Waals surface area contributed by atoms with Crippen molar-refractivity contribution in [1.82, 2.24) is 4.98 Å². The molecule has 0 fully saturated rings. The molecule has 2 aromatic carbocycles. The Morgan fingerprint density at radius 2 is 1.84 bits per heavy atom. The highest BCUT2D eigenvalue weighted by Crippen LogP contribution is 2.25. The van der Waals surface area contributed by atoms with Gasteiger partial charge in [-0.25, -0.2) is 4.98 Å². The molecule has 0 aliphatic rings. The molecule has 0 N–H and O–H groups in total. The van der Waals surface area contributed by atoms with Crippen molar-refractivity contribution in [3.05, 3.63) is 64.7 Å². The van der Waals surface area contributed by atoms with Crippen molar-refractivity contribution < 1.29 is 0 Å². The third kappa shape index (κ3) is 3.04. The van der Waals surface area contributed by atoms with E-state index in [9.17, 15) is 0 Å². The van der Waals surface area contributed by atoms with Crippen LogP contribution in [0.15, 0.2) is 48.5 Å². The molecule has 1 heterocycles. The van der Waals surface area contributed by atoms with Gasteiger partial charge in [-0.2, -0.15) is 0 Å². The van der Waals surface area contributed by atoms with Gasteiger partial charge in [-0.1, -0.05) is 52.3 Å². The highest BCUT2D eigenvalue weighted by atomic mass is 79.9. The van der Waals surface area contributed by atoms with E-state index < -0.39 is 0 Å². The Balaban J connectivity index is 1.89. The molecule has 0 unspecified atom stereocenters. The third-order valence-electron chi connectivity index (χ3n) is 3.08. The number of benzene rings is 2. The van der Waals surface area contributed by atoms with Crippen LogP contribution in [0.1, 0.15) is 16.1 Å². The minimum Gasteiger partial charge on any atom is -0.241 e. The van der Waals surface area contributed by atoms with Gasteiger partial charge in [-0.15, -0.1) is 11.3 Å². The lowest BCUT2D eigenvalue weighted by molar-refractivity contribution is 1.15. The van der Waals surface area contributed by atoms with Crippen molar-refractivity contribution in [2.45, 2.75) is 12.8 Å². The summed E-state index contributed by atoms with van der Waals surface area (Å²) in [6.45, 7) is 0. The number of aromatic nitrogens is 1. The molecule has 0 spiro atoms. The van der Waals surface area contributed by atoms with Gasteiger partial charge < -0.3 is 0 Å². The van der Waals surface area contributed by atoms with E-state index in [4.69, 9.17) is 4.98 Å². The predicted molar refractivity (Wildman–Crippen MR) is 86.4 cm³/mol. The molecular formula is C16H14BrNS. The van der Waals surface area contributed by atoms with Crippen LogP contribution in [-0.4, -0.2) is 10.3 Å². The maximum Gasteiger partial charge on any atom is 0.0982 e. The van der Waals surface area contributed by atoms with Crippen LogP contribution in [0.2, 0.25) is 0 Å². The molecule has 0 saturated carbocycles. The molecule has 19 heavy (non-hydrogen) atoms. The second kappa shape index (κ2) is 5.85. The number of aryl methyl sites for hydroxylation is 1. The van der Waals surface area contributed by atoms with Gasteiger partial charge in [-0.3, -0.25) is 0 Å². The summed E-state index contributed by atoms with van der Waals surface area (Å²) < 4.78 is 1.30. The maximum absolute atomic E-state index is 4.72. The van der Waals surface area contributed by atoms with Gasteiger partial charge in [0.1, 0.15) is 0 Å². The fourth-order valence-corrected chi connectivity index (χ4v) is 3.65. The van der Waals surface area contributed by atoms with Crippen LogP contribution in [0.4, 0.5) is 0 Å². The van der Waals surface area contributed by atoms with E-state index in [0.717, 1.165) is 23.7 Å². The average molecular weight is 332 g/mol. The number of hydrogen-bond donors (Lipinski definition) is 0. The molecule has 0 aliphatic carbocycles. The van der Waals surface area contributed by atoms with Gasteiger partial charge in [0.25, 0.3) is 0 Å². The Labute approximate surface area is 125 Å². The summed E-state index contributed by atoms with van der Waals surface area (Å²) in [5, 5.41) is 2.20. The van der Waals surface area contributed by atoms with Crippen molar-refractivity contribution >= 4 is 37.5 Å². The van der Waals surface area contributed by atoms with Crippen LogP contribution in [-0.2, 0) is 12.8 Å². The highest BCUT2D eigenvalue weighted by molar-refractivity contribution is 9.09. The van der Waals surface area contributed by atoms with Crippen molar-refractivity contribution in [1.29, 1.82) is 0 Å². The van der Waals surface area contributed by atoms with Gasteiger partial charge in [0.05, 0.1) is 15.2 Å². The van der Waals surface area contributed by atoms with Gasteiger partial charge in [0.2, 0.25) is 0 Å². The number of rotatable bonds is 4. The van der Waals surface area contributed by atoms with Gasteiger partial charge in [-0.05, 0) is 29.7 Å². The van der Waals surface area contributed by atoms with E-state index in [1.165, 1.54) is 20.8 Å². The fourth-order valence-electron chi connectivity index (χ4n) is 2.13. The summed E-state index contributed by atoms with van der Waals surface area (Å²) in [7, 11) is 0. The largest absolute Gasteiger partial charge is 0.241 e. The number of fused-ring (bicyclic) bond motifs is 1. The summed E-state index contributed by atoms with van der Waals surface area (Å²) in [5.74, 6) is 0. The first-order chi connectivity index (χ1) is 9.35. The SMILES string of the molecule is BrCCc1ccc2nc(Cc3ccccc3)sc2c1. The van der Waals surface area contributed by atoms with Crippen LogP contribution >= 0.6 is 27.3 Å². The maximum atomic E-state index is 4.72. The molecule has 0 amide bonds. The van der Waals surface area contributed by atoms with E-state index in [1.54, 1.807) is 11.3 Å². The predicted octanol–water partition coefficient (Wildman–Crippen LogP) is 4.82. The first kappa shape index (κ1) is 12.8. The molecule has 1 aromatic heterocycles. The zero-order valence-corrected chi connectivity index (χ0v) is 12.9. The van der Waals surface area contributed by atoms with Crippen LogP contribution < -0.4 is 0 Å². The van der Waals surface area contributed by atoms with Crippen LogP contribution in [0.5, 0.6) is 0 Å². The molecule has 3 heteroatoms. The Hall–Kier alpha value is -1.19. The molecule has 0 atom stereocenters. The Morgan fingerprint density at radius 1 is 1.00 bits per heavy atom. The zero-order chi connectivity index (χ0) is 13.1. The number of nitrogens with zero attached hydrogens (tertiary/aromatic N) is 1. The monoisotopic (exact) mass is 331 g/mol. The summed E-state index contributed by atoms with van der Waals surface area (Å²) >= 11 is 5.29. The molecule has 96 valence electrons. The normalized spacial score (nSPS) is 11.0.